The van der Waals surface area contributed by atoms with Crippen LogP contribution in [-0.2, 0) is 29.2 Å². The first-order valence-corrected chi connectivity index (χ1v) is 14.1. The van der Waals surface area contributed by atoms with Crippen molar-refractivity contribution < 1.29 is 45.9 Å². The molecule has 0 aromatic rings. The Labute approximate surface area is 202 Å². The molecule has 0 radical (unpaired) electrons. The third-order valence-electron chi connectivity index (χ3n) is 10.1. The van der Waals surface area contributed by atoms with Crippen LogP contribution in [0.15, 0.2) is 0 Å². The quantitative estimate of drug-likeness (QED) is 0.406. The number of rotatable bonds is 6. The lowest BCUT2D eigenvalue weighted by atomic mass is 9.48. The largest absolute Gasteiger partial charge is 0.465 e. The minimum Gasteiger partial charge on any atom is -0.465 e. The number of hydrogen-bond donors (Lipinski definition) is 2. The van der Waals surface area contributed by atoms with Crippen molar-refractivity contribution in [2.75, 3.05) is 6.61 Å². The molecule has 196 valence electrons. The Hall–Kier alpha value is -1.33. The SMILES string of the molecule is O=C(OCC12CC3CC(CC(O)(C3)C1)C2)C12CC3CC(C1)C(OC(=O)C(F)(F)S(=O)(=O)O)C(C3)C2. The summed E-state index contributed by atoms with van der Waals surface area (Å²) in [5.74, 6) is -2.07. The lowest BCUT2D eigenvalue weighted by Crippen LogP contribution is -2.59. The Bertz CT molecular complexity index is 1030. The van der Waals surface area contributed by atoms with E-state index in [2.05, 4.69) is 0 Å². The maximum Gasteiger partial charge on any atom is 0.465 e. The summed E-state index contributed by atoms with van der Waals surface area (Å²) >= 11 is 0. The number of hydrogen-bond acceptors (Lipinski definition) is 7. The summed E-state index contributed by atoms with van der Waals surface area (Å²) in [4.78, 5) is 25.4. The molecule has 8 fully saturated rings. The summed E-state index contributed by atoms with van der Waals surface area (Å²) in [6, 6.07) is 0. The van der Waals surface area contributed by atoms with Crippen LogP contribution < -0.4 is 0 Å². The molecule has 0 aromatic carbocycles. The molecular weight excluding hydrogens is 486 g/mol. The van der Waals surface area contributed by atoms with E-state index in [4.69, 9.17) is 14.0 Å². The Balaban J connectivity index is 1.14. The summed E-state index contributed by atoms with van der Waals surface area (Å²) in [6.45, 7) is 0.294. The van der Waals surface area contributed by atoms with Gasteiger partial charge in [0.2, 0.25) is 0 Å². The van der Waals surface area contributed by atoms with E-state index in [0.29, 0.717) is 57.0 Å². The zero-order valence-electron chi connectivity index (χ0n) is 19.5. The van der Waals surface area contributed by atoms with Gasteiger partial charge in [0.1, 0.15) is 6.10 Å². The molecule has 8 nitrogen and oxygen atoms in total. The van der Waals surface area contributed by atoms with Gasteiger partial charge in [0, 0.05) is 5.41 Å². The fourth-order valence-electron chi connectivity index (χ4n) is 9.66. The van der Waals surface area contributed by atoms with E-state index in [1.54, 1.807) is 0 Å². The number of halogens is 2. The predicted molar refractivity (Wildman–Crippen MR) is 115 cm³/mol. The average molecular weight is 519 g/mol. The standard InChI is InChI=1S/C24H32F2O8S/c25-24(26,35(30,31)32)20(28)34-18-16-2-13-3-17(18)10-22(6-13,9-16)19(27)33-12-21-4-14-1-15(5-21)8-23(29,7-14)11-21/h13-18,29H,1-12H2,(H,30,31,32). The Kier molecular flexibility index (Phi) is 5.06. The van der Waals surface area contributed by atoms with Crippen LogP contribution in [0.2, 0.25) is 0 Å². The van der Waals surface area contributed by atoms with Gasteiger partial charge in [-0.3, -0.25) is 9.35 Å². The minimum absolute atomic E-state index is 0.170. The Morgan fingerprint density at radius 3 is 2.06 bits per heavy atom. The van der Waals surface area contributed by atoms with Crippen molar-refractivity contribution in [1.82, 2.24) is 0 Å². The van der Waals surface area contributed by atoms with Crippen molar-refractivity contribution in [3.63, 3.8) is 0 Å². The first-order chi connectivity index (χ1) is 16.2. The predicted octanol–water partition coefficient (Wildman–Crippen LogP) is 3.08. The van der Waals surface area contributed by atoms with Crippen molar-refractivity contribution in [3.05, 3.63) is 0 Å². The van der Waals surface area contributed by atoms with Crippen molar-refractivity contribution in [3.8, 4) is 0 Å². The first-order valence-electron chi connectivity index (χ1n) is 12.7. The smallest absolute Gasteiger partial charge is 0.465 e. The van der Waals surface area contributed by atoms with Gasteiger partial charge in [-0.15, -0.1) is 0 Å². The van der Waals surface area contributed by atoms with Gasteiger partial charge in [-0.25, -0.2) is 4.79 Å². The van der Waals surface area contributed by atoms with Crippen molar-refractivity contribution in [1.29, 1.82) is 0 Å². The molecule has 8 aliphatic rings. The third kappa shape index (κ3) is 3.74. The van der Waals surface area contributed by atoms with E-state index >= 15 is 0 Å². The molecule has 0 aliphatic heterocycles. The van der Waals surface area contributed by atoms with E-state index in [-0.39, 0.29) is 29.1 Å². The van der Waals surface area contributed by atoms with Crippen molar-refractivity contribution in [2.45, 2.75) is 87.6 Å². The van der Waals surface area contributed by atoms with Crippen molar-refractivity contribution >= 4 is 22.1 Å². The number of aliphatic hydroxyl groups is 1. The van der Waals surface area contributed by atoms with Crippen LogP contribution >= 0.6 is 0 Å². The maximum atomic E-state index is 13.8. The highest BCUT2D eigenvalue weighted by Crippen LogP contribution is 2.63. The van der Waals surface area contributed by atoms with Crippen LogP contribution in [0.1, 0.15) is 70.6 Å². The second-order valence-electron chi connectivity index (χ2n) is 12.9. The van der Waals surface area contributed by atoms with Gasteiger partial charge in [-0.1, -0.05) is 0 Å². The molecule has 8 bridgehead atoms. The van der Waals surface area contributed by atoms with Crippen LogP contribution in [0.4, 0.5) is 8.78 Å². The lowest BCUT2D eigenvalue weighted by molar-refractivity contribution is -0.211. The molecule has 8 rings (SSSR count). The zero-order chi connectivity index (χ0) is 25.0. The Morgan fingerprint density at radius 1 is 0.914 bits per heavy atom. The highest BCUT2D eigenvalue weighted by Gasteiger charge is 2.63. The van der Waals surface area contributed by atoms with E-state index in [1.807, 2.05) is 0 Å². The monoisotopic (exact) mass is 518 g/mol. The van der Waals surface area contributed by atoms with Gasteiger partial charge in [0.15, 0.2) is 0 Å². The molecule has 0 aromatic heterocycles. The van der Waals surface area contributed by atoms with Crippen LogP contribution in [-0.4, -0.2) is 53.6 Å². The molecule has 4 unspecified atom stereocenters. The van der Waals surface area contributed by atoms with E-state index < -0.39 is 38.5 Å². The molecule has 0 saturated heterocycles. The summed E-state index contributed by atoms with van der Waals surface area (Å²) in [6.07, 6.45) is 7.09. The number of esters is 2. The number of alkyl halides is 2. The zero-order valence-corrected chi connectivity index (χ0v) is 20.3. The summed E-state index contributed by atoms with van der Waals surface area (Å²) < 4.78 is 69.1. The van der Waals surface area contributed by atoms with Gasteiger partial charge in [0.05, 0.1) is 17.6 Å². The Morgan fingerprint density at radius 2 is 1.51 bits per heavy atom. The normalized spacial score (nSPS) is 47.7. The summed E-state index contributed by atoms with van der Waals surface area (Å²) in [5.41, 5.74) is -1.56. The van der Waals surface area contributed by atoms with Crippen LogP contribution in [0, 0.1) is 40.4 Å². The van der Waals surface area contributed by atoms with Gasteiger partial charge in [-0.2, -0.15) is 17.2 Å². The minimum atomic E-state index is -5.93. The second kappa shape index (κ2) is 7.37. The molecular formula is C24H32F2O8S. The van der Waals surface area contributed by atoms with Crippen molar-refractivity contribution in [2.24, 2.45) is 40.4 Å². The maximum absolute atomic E-state index is 13.8. The average Bonchev–Trinajstić information content (AvgIpc) is 2.71. The third-order valence-corrected chi connectivity index (χ3v) is 10.9. The number of carbonyl (C=O) groups is 2. The van der Waals surface area contributed by atoms with Gasteiger partial charge < -0.3 is 14.6 Å². The van der Waals surface area contributed by atoms with Crippen LogP contribution in [0.25, 0.3) is 0 Å². The van der Waals surface area contributed by atoms with Crippen LogP contribution in [0.5, 0.6) is 0 Å². The molecule has 2 N–H and O–H groups in total. The molecule has 0 spiro atoms. The summed E-state index contributed by atoms with van der Waals surface area (Å²) in [5, 5.41) is 5.96. The van der Waals surface area contributed by atoms with E-state index in [9.17, 15) is 31.9 Å². The summed E-state index contributed by atoms with van der Waals surface area (Å²) in [7, 11) is -5.93. The van der Waals surface area contributed by atoms with E-state index in [1.165, 1.54) is 0 Å². The lowest BCUT2D eigenvalue weighted by Gasteiger charge is -2.60. The number of ether oxygens (including phenoxy) is 2. The molecule has 8 saturated carbocycles. The molecule has 0 heterocycles. The second-order valence-corrected chi connectivity index (χ2v) is 14.3. The topological polar surface area (TPSA) is 127 Å². The molecule has 11 heteroatoms. The highest BCUT2D eigenvalue weighted by molar-refractivity contribution is 7.87. The van der Waals surface area contributed by atoms with E-state index in [0.717, 1.165) is 32.1 Å². The molecule has 4 atom stereocenters. The fraction of sp³-hybridized carbons (Fsp3) is 0.917. The molecule has 0 amide bonds. The fourth-order valence-corrected chi connectivity index (χ4v) is 9.92. The van der Waals surface area contributed by atoms with Crippen LogP contribution in [0.3, 0.4) is 0 Å². The van der Waals surface area contributed by atoms with Gasteiger partial charge in [-0.05, 0) is 100 Å². The number of carbonyl (C=O) groups excluding carboxylic acids is 2. The van der Waals surface area contributed by atoms with Gasteiger partial charge in [0.25, 0.3) is 0 Å². The van der Waals surface area contributed by atoms with Gasteiger partial charge >= 0.3 is 27.3 Å². The molecule has 8 aliphatic carbocycles. The highest BCUT2D eigenvalue weighted by atomic mass is 32.2. The first kappa shape index (κ1) is 24.0. The molecule has 35 heavy (non-hydrogen) atoms.